The summed E-state index contributed by atoms with van der Waals surface area (Å²) < 4.78 is 47.4. The zero-order chi connectivity index (χ0) is 23.0. The second-order valence-corrected chi connectivity index (χ2v) is 7.60. The Labute approximate surface area is 185 Å². The summed E-state index contributed by atoms with van der Waals surface area (Å²) >= 11 is 6.31. The molecule has 0 unspecified atom stereocenters. The van der Waals surface area contributed by atoms with E-state index >= 15 is 0 Å². The molecule has 0 saturated carbocycles. The van der Waals surface area contributed by atoms with Crippen LogP contribution in [-0.2, 0) is 0 Å². The van der Waals surface area contributed by atoms with E-state index in [9.17, 15) is 23.1 Å². The molecule has 0 fully saturated rings. The van der Waals surface area contributed by atoms with E-state index in [2.05, 4.69) is 15.7 Å². The minimum absolute atomic E-state index is 0.0841. The lowest BCUT2D eigenvalue weighted by Crippen LogP contribution is -2.35. The van der Waals surface area contributed by atoms with Crippen molar-refractivity contribution in [2.24, 2.45) is 0 Å². The SMILES string of the molecule is COc1ccc([C@@H]2C[C@@H](C(F)(F)F)n3nc(C(=O)Nc4cccc(O)c4)c(Cl)c3N2)cc1. The summed E-state index contributed by atoms with van der Waals surface area (Å²) in [6, 6.07) is 9.67. The minimum Gasteiger partial charge on any atom is -0.508 e. The second-order valence-electron chi connectivity index (χ2n) is 7.22. The van der Waals surface area contributed by atoms with Crippen molar-refractivity contribution in [3.63, 3.8) is 0 Å². The van der Waals surface area contributed by atoms with E-state index in [1.807, 2.05) is 0 Å². The topological polar surface area (TPSA) is 88.4 Å². The highest BCUT2D eigenvalue weighted by Gasteiger charge is 2.47. The normalized spacial score (nSPS) is 17.9. The summed E-state index contributed by atoms with van der Waals surface area (Å²) in [6.07, 6.45) is -4.95. The number of carbonyl (C=O) groups is 1. The third-order valence-electron chi connectivity index (χ3n) is 5.13. The molecule has 0 aliphatic carbocycles. The van der Waals surface area contributed by atoms with E-state index in [-0.39, 0.29) is 34.4 Å². The maximum atomic E-state index is 13.9. The number of hydrogen-bond acceptors (Lipinski definition) is 5. The van der Waals surface area contributed by atoms with Gasteiger partial charge in [-0.3, -0.25) is 4.79 Å². The predicted octanol–water partition coefficient (Wildman–Crippen LogP) is 5.16. The fourth-order valence-electron chi connectivity index (χ4n) is 3.56. The Balaban J connectivity index is 1.68. The van der Waals surface area contributed by atoms with Gasteiger partial charge in [-0.05, 0) is 29.8 Å². The molecule has 168 valence electrons. The molecule has 1 aromatic heterocycles. The molecule has 2 atom stereocenters. The molecule has 2 heterocycles. The number of carbonyl (C=O) groups excluding carboxylic acids is 1. The third kappa shape index (κ3) is 4.18. The first-order valence-electron chi connectivity index (χ1n) is 9.53. The van der Waals surface area contributed by atoms with Gasteiger partial charge in [0.1, 0.15) is 22.3 Å². The highest BCUT2D eigenvalue weighted by atomic mass is 35.5. The van der Waals surface area contributed by atoms with Crippen molar-refractivity contribution < 1.29 is 27.8 Å². The number of aromatic hydroxyl groups is 1. The van der Waals surface area contributed by atoms with Gasteiger partial charge < -0.3 is 20.5 Å². The molecular formula is C21H18ClF3N4O3. The summed E-state index contributed by atoms with van der Waals surface area (Å²) in [4.78, 5) is 12.7. The van der Waals surface area contributed by atoms with Gasteiger partial charge in [0, 0.05) is 18.2 Å². The van der Waals surface area contributed by atoms with E-state index in [4.69, 9.17) is 16.3 Å². The van der Waals surface area contributed by atoms with Crippen LogP contribution in [0.4, 0.5) is 24.7 Å². The first-order chi connectivity index (χ1) is 15.2. The molecule has 0 spiro atoms. The largest absolute Gasteiger partial charge is 0.508 e. The number of rotatable bonds is 4. The van der Waals surface area contributed by atoms with Crippen molar-refractivity contribution >= 4 is 29.0 Å². The lowest BCUT2D eigenvalue weighted by atomic mass is 9.97. The number of phenolic OH excluding ortho intramolecular Hbond substituents is 1. The number of fused-ring (bicyclic) bond motifs is 1. The Morgan fingerprint density at radius 3 is 2.62 bits per heavy atom. The molecule has 1 amide bonds. The van der Waals surface area contributed by atoms with Crippen LogP contribution in [0, 0.1) is 0 Å². The Morgan fingerprint density at radius 1 is 1.28 bits per heavy atom. The predicted molar refractivity (Wildman–Crippen MR) is 112 cm³/mol. The van der Waals surface area contributed by atoms with Crippen molar-refractivity contribution in [1.82, 2.24) is 9.78 Å². The van der Waals surface area contributed by atoms with Crippen molar-refractivity contribution in [3.8, 4) is 11.5 Å². The third-order valence-corrected chi connectivity index (χ3v) is 5.49. The van der Waals surface area contributed by atoms with Gasteiger partial charge >= 0.3 is 6.18 Å². The first-order valence-corrected chi connectivity index (χ1v) is 9.90. The van der Waals surface area contributed by atoms with E-state index in [1.165, 1.54) is 31.4 Å². The number of halogens is 4. The molecule has 1 aliphatic rings. The molecule has 11 heteroatoms. The van der Waals surface area contributed by atoms with Gasteiger partial charge in [0.2, 0.25) is 0 Å². The number of anilines is 2. The zero-order valence-corrected chi connectivity index (χ0v) is 17.4. The number of amides is 1. The van der Waals surface area contributed by atoms with Crippen LogP contribution in [0.15, 0.2) is 48.5 Å². The monoisotopic (exact) mass is 466 g/mol. The van der Waals surface area contributed by atoms with Gasteiger partial charge in [-0.15, -0.1) is 0 Å². The second kappa shape index (κ2) is 8.27. The summed E-state index contributed by atoms with van der Waals surface area (Å²) in [7, 11) is 1.50. The highest BCUT2D eigenvalue weighted by Crippen LogP contribution is 2.46. The van der Waals surface area contributed by atoms with Crippen LogP contribution >= 0.6 is 11.6 Å². The number of benzene rings is 2. The Kier molecular flexibility index (Phi) is 5.64. The number of phenols is 1. The molecule has 2 aromatic carbocycles. The highest BCUT2D eigenvalue weighted by molar-refractivity contribution is 6.36. The number of nitrogens with zero attached hydrogens (tertiary/aromatic N) is 2. The molecule has 1 aliphatic heterocycles. The molecule has 0 radical (unpaired) electrons. The summed E-state index contributed by atoms with van der Waals surface area (Å²) in [5.41, 5.74) is 0.491. The number of hydrogen-bond donors (Lipinski definition) is 3. The van der Waals surface area contributed by atoms with Crippen molar-refractivity contribution in [2.45, 2.75) is 24.7 Å². The fraction of sp³-hybridized carbons (Fsp3) is 0.238. The number of ether oxygens (including phenoxy) is 1. The van der Waals surface area contributed by atoms with Crippen LogP contribution in [0.3, 0.4) is 0 Å². The van der Waals surface area contributed by atoms with E-state index < -0.39 is 24.2 Å². The average molecular weight is 467 g/mol. The number of methoxy groups -OCH3 is 1. The van der Waals surface area contributed by atoms with Gasteiger partial charge in [-0.25, -0.2) is 4.68 Å². The molecular weight excluding hydrogens is 449 g/mol. The molecule has 0 bridgehead atoms. The summed E-state index contributed by atoms with van der Waals surface area (Å²) in [5.74, 6) is -0.404. The quantitative estimate of drug-likeness (QED) is 0.494. The molecule has 4 rings (SSSR count). The van der Waals surface area contributed by atoms with Gasteiger partial charge in [0.25, 0.3) is 5.91 Å². The van der Waals surface area contributed by atoms with Gasteiger partial charge in [0.15, 0.2) is 11.7 Å². The fourth-order valence-corrected chi connectivity index (χ4v) is 3.83. The lowest BCUT2D eigenvalue weighted by molar-refractivity contribution is -0.173. The van der Waals surface area contributed by atoms with Crippen LogP contribution in [0.2, 0.25) is 5.02 Å². The van der Waals surface area contributed by atoms with Crippen molar-refractivity contribution in [1.29, 1.82) is 0 Å². The lowest BCUT2D eigenvalue weighted by Gasteiger charge is -2.33. The van der Waals surface area contributed by atoms with E-state index in [1.54, 1.807) is 24.3 Å². The summed E-state index contributed by atoms with van der Waals surface area (Å²) in [6.45, 7) is 0. The Bertz CT molecular complexity index is 1150. The standard InChI is InChI=1S/C21H18ClF3N4O3/c1-32-14-7-5-11(6-8-14)15-10-16(21(23,24)25)29-19(27-15)17(22)18(28-29)20(31)26-12-3-2-4-13(30)9-12/h2-9,15-16,27,30H,10H2,1H3,(H,26,31)/t15-,16-/m0/s1. The van der Waals surface area contributed by atoms with Gasteiger partial charge in [0.05, 0.1) is 13.2 Å². The smallest absolute Gasteiger partial charge is 0.410 e. The average Bonchev–Trinajstić information content (AvgIpc) is 3.09. The van der Waals surface area contributed by atoms with Crippen LogP contribution < -0.4 is 15.4 Å². The Morgan fingerprint density at radius 2 is 2.00 bits per heavy atom. The van der Waals surface area contributed by atoms with Crippen LogP contribution in [0.1, 0.15) is 34.6 Å². The molecule has 7 nitrogen and oxygen atoms in total. The van der Waals surface area contributed by atoms with E-state index in [0.29, 0.717) is 16.0 Å². The number of aromatic nitrogens is 2. The zero-order valence-electron chi connectivity index (χ0n) is 16.7. The molecule has 3 N–H and O–H groups in total. The summed E-state index contributed by atoms with van der Waals surface area (Å²) in [5, 5.41) is 18.6. The number of nitrogens with one attached hydrogen (secondary N) is 2. The first kappa shape index (κ1) is 21.8. The maximum Gasteiger partial charge on any atom is 0.410 e. The maximum absolute atomic E-state index is 13.9. The molecule has 0 saturated heterocycles. The Hall–Kier alpha value is -3.40. The van der Waals surface area contributed by atoms with Crippen molar-refractivity contribution in [3.05, 3.63) is 64.8 Å². The van der Waals surface area contributed by atoms with Crippen LogP contribution in [0.5, 0.6) is 11.5 Å². The van der Waals surface area contributed by atoms with Crippen LogP contribution in [-0.4, -0.2) is 34.1 Å². The number of alkyl halides is 3. The van der Waals surface area contributed by atoms with Gasteiger partial charge in [-0.1, -0.05) is 29.8 Å². The molecule has 32 heavy (non-hydrogen) atoms. The van der Waals surface area contributed by atoms with Gasteiger partial charge in [-0.2, -0.15) is 18.3 Å². The van der Waals surface area contributed by atoms with Crippen molar-refractivity contribution in [2.75, 3.05) is 17.7 Å². The van der Waals surface area contributed by atoms with Crippen LogP contribution in [0.25, 0.3) is 0 Å². The minimum atomic E-state index is -4.62. The van der Waals surface area contributed by atoms with E-state index in [0.717, 1.165) is 0 Å². The molecule has 3 aromatic rings.